The topological polar surface area (TPSA) is 38.7 Å². The molecular formula is C14H20O3. The molecule has 0 unspecified atom stereocenters. The molecule has 0 fully saturated rings. The molecule has 3 heteroatoms. The molecule has 0 saturated heterocycles. The molecule has 0 heterocycles. The van der Waals surface area contributed by atoms with Crippen molar-refractivity contribution in [3.05, 3.63) is 42.2 Å². The summed E-state index contributed by atoms with van der Waals surface area (Å²) in [5, 5.41) is 8.49. The normalized spacial score (nSPS) is 10.9. The molecule has 1 aromatic rings. The SMILES string of the molecule is OCCOCCCCOC=Cc1ccccc1. The van der Waals surface area contributed by atoms with Crippen LogP contribution in [0.25, 0.3) is 6.08 Å². The molecule has 94 valence electrons. The van der Waals surface area contributed by atoms with Crippen LogP contribution in [0.3, 0.4) is 0 Å². The fourth-order valence-electron chi connectivity index (χ4n) is 1.32. The molecule has 0 aliphatic rings. The summed E-state index contributed by atoms with van der Waals surface area (Å²) >= 11 is 0. The highest BCUT2D eigenvalue weighted by atomic mass is 16.5. The van der Waals surface area contributed by atoms with Crippen LogP contribution in [-0.4, -0.2) is 31.5 Å². The lowest BCUT2D eigenvalue weighted by Crippen LogP contribution is -2.01. The van der Waals surface area contributed by atoms with Gasteiger partial charge in [-0.3, -0.25) is 0 Å². The third-order valence-electron chi connectivity index (χ3n) is 2.19. The van der Waals surface area contributed by atoms with E-state index in [0.29, 0.717) is 19.8 Å². The monoisotopic (exact) mass is 236 g/mol. The van der Waals surface area contributed by atoms with Crippen LogP contribution >= 0.6 is 0 Å². The number of ether oxygens (including phenoxy) is 2. The minimum atomic E-state index is 0.0936. The van der Waals surface area contributed by atoms with Crippen LogP contribution in [0.4, 0.5) is 0 Å². The van der Waals surface area contributed by atoms with Crippen LogP contribution in [-0.2, 0) is 9.47 Å². The zero-order valence-corrected chi connectivity index (χ0v) is 10.0. The van der Waals surface area contributed by atoms with Gasteiger partial charge in [0.1, 0.15) is 0 Å². The number of aliphatic hydroxyl groups is 1. The molecule has 3 nitrogen and oxygen atoms in total. The molecule has 0 atom stereocenters. The number of aliphatic hydroxyl groups excluding tert-OH is 1. The Bertz CT molecular complexity index is 296. The Morgan fingerprint density at radius 1 is 1.00 bits per heavy atom. The van der Waals surface area contributed by atoms with Gasteiger partial charge in [0.05, 0.1) is 26.1 Å². The molecule has 1 N–H and O–H groups in total. The smallest absolute Gasteiger partial charge is 0.0874 e. The zero-order valence-electron chi connectivity index (χ0n) is 10.0. The summed E-state index contributed by atoms with van der Waals surface area (Å²) in [6.07, 6.45) is 5.59. The van der Waals surface area contributed by atoms with Gasteiger partial charge in [-0.2, -0.15) is 0 Å². The summed E-state index contributed by atoms with van der Waals surface area (Å²) in [5.74, 6) is 0. The summed E-state index contributed by atoms with van der Waals surface area (Å²) in [6, 6.07) is 10.0. The number of hydrogen-bond acceptors (Lipinski definition) is 3. The van der Waals surface area contributed by atoms with Gasteiger partial charge in [-0.05, 0) is 24.5 Å². The van der Waals surface area contributed by atoms with Crippen molar-refractivity contribution in [1.29, 1.82) is 0 Å². The van der Waals surface area contributed by atoms with Gasteiger partial charge in [0.2, 0.25) is 0 Å². The van der Waals surface area contributed by atoms with Gasteiger partial charge < -0.3 is 14.6 Å². The van der Waals surface area contributed by atoms with Crippen LogP contribution in [0.15, 0.2) is 36.6 Å². The van der Waals surface area contributed by atoms with Gasteiger partial charge >= 0.3 is 0 Å². The molecule has 1 rings (SSSR count). The van der Waals surface area contributed by atoms with Gasteiger partial charge in [-0.1, -0.05) is 30.3 Å². The standard InChI is InChI=1S/C14H20O3/c15-9-13-17-11-5-4-10-16-12-8-14-6-2-1-3-7-14/h1-3,6-8,12,15H,4-5,9-11,13H2. The Hall–Kier alpha value is -1.32. The predicted octanol–water partition coefficient (Wildman–Crippen LogP) is 2.46. The second-order valence-corrected chi connectivity index (χ2v) is 3.63. The molecule has 0 radical (unpaired) electrons. The van der Waals surface area contributed by atoms with Crippen molar-refractivity contribution < 1.29 is 14.6 Å². The van der Waals surface area contributed by atoms with E-state index < -0.39 is 0 Å². The second kappa shape index (κ2) is 9.87. The quantitative estimate of drug-likeness (QED) is 0.529. The highest BCUT2D eigenvalue weighted by molar-refractivity contribution is 5.47. The Balaban J connectivity index is 1.95. The summed E-state index contributed by atoms with van der Waals surface area (Å²) in [5.41, 5.74) is 1.14. The minimum absolute atomic E-state index is 0.0936. The van der Waals surface area contributed by atoms with E-state index in [0.717, 1.165) is 18.4 Å². The van der Waals surface area contributed by atoms with Gasteiger partial charge in [0.15, 0.2) is 0 Å². The molecule has 17 heavy (non-hydrogen) atoms. The maximum atomic E-state index is 8.49. The lowest BCUT2D eigenvalue weighted by atomic mass is 10.2. The average Bonchev–Trinajstić information content (AvgIpc) is 2.38. The highest BCUT2D eigenvalue weighted by Gasteiger charge is 1.89. The molecule has 0 aromatic heterocycles. The largest absolute Gasteiger partial charge is 0.501 e. The van der Waals surface area contributed by atoms with E-state index >= 15 is 0 Å². The lowest BCUT2D eigenvalue weighted by Gasteiger charge is -2.02. The van der Waals surface area contributed by atoms with Gasteiger partial charge in [-0.15, -0.1) is 0 Å². The molecule has 0 bridgehead atoms. The molecule has 1 aromatic carbocycles. The average molecular weight is 236 g/mol. The summed E-state index contributed by atoms with van der Waals surface area (Å²) in [4.78, 5) is 0. The fraction of sp³-hybridized carbons (Fsp3) is 0.429. The van der Waals surface area contributed by atoms with Crippen LogP contribution in [0.5, 0.6) is 0 Å². The van der Waals surface area contributed by atoms with Crippen molar-refractivity contribution in [2.45, 2.75) is 12.8 Å². The lowest BCUT2D eigenvalue weighted by molar-refractivity contribution is 0.0865. The first-order valence-corrected chi connectivity index (χ1v) is 5.95. The second-order valence-electron chi connectivity index (χ2n) is 3.63. The van der Waals surface area contributed by atoms with Crippen molar-refractivity contribution in [3.63, 3.8) is 0 Å². The number of hydrogen-bond donors (Lipinski definition) is 1. The Morgan fingerprint density at radius 3 is 2.53 bits per heavy atom. The molecule has 0 spiro atoms. The van der Waals surface area contributed by atoms with Gasteiger partial charge in [0.25, 0.3) is 0 Å². The first-order valence-electron chi connectivity index (χ1n) is 5.95. The molecule has 0 aliphatic carbocycles. The van der Waals surface area contributed by atoms with E-state index in [-0.39, 0.29) is 6.61 Å². The van der Waals surface area contributed by atoms with E-state index in [1.165, 1.54) is 0 Å². The fourth-order valence-corrected chi connectivity index (χ4v) is 1.32. The summed E-state index contributed by atoms with van der Waals surface area (Å²) in [6.45, 7) is 1.91. The zero-order chi connectivity index (χ0) is 12.2. The van der Waals surface area contributed by atoms with Crippen molar-refractivity contribution in [2.75, 3.05) is 26.4 Å². The van der Waals surface area contributed by atoms with Crippen LogP contribution in [0, 0.1) is 0 Å². The van der Waals surface area contributed by atoms with Crippen LogP contribution in [0.1, 0.15) is 18.4 Å². The van der Waals surface area contributed by atoms with E-state index in [4.69, 9.17) is 14.6 Å². The molecule has 0 saturated carbocycles. The predicted molar refractivity (Wildman–Crippen MR) is 68.6 cm³/mol. The van der Waals surface area contributed by atoms with E-state index in [1.54, 1.807) is 6.26 Å². The maximum Gasteiger partial charge on any atom is 0.0874 e. The molecule has 0 aliphatic heterocycles. The van der Waals surface area contributed by atoms with Crippen LogP contribution in [0.2, 0.25) is 0 Å². The van der Waals surface area contributed by atoms with Crippen molar-refractivity contribution in [1.82, 2.24) is 0 Å². The van der Waals surface area contributed by atoms with Gasteiger partial charge in [0, 0.05) is 6.61 Å². The van der Waals surface area contributed by atoms with E-state index in [2.05, 4.69) is 0 Å². The Labute approximate surface area is 103 Å². The van der Waals surface area contributed by atoms with Crippen LogP contribution < -0.4 is 0 Å². The number of rotatable bonds is 9. The van der Waals surface area contributed by atoms with Crippen molar-refractivity contribution >= 4 is 6.08 Å². The maximum absolute atomic E-state index is 8.49. The third kappa shape index (κ3) is 7.55. The third-order valence-corrected chi connectivity index (χ3v) is 2.19. The summed E-state index contributed by atoms with van der Waals surface area (Å²) in [7, 11) is 0. The first-order chi connectivity index (χ1) is 8.43. The first kappa shape index (κ1) is 13.7. The van der Waals surface area contributed by atoms with E-state index in [1.807, 2.05) is 36.4 Å². The Kier molecular flexibility index (Phi) is 7.98. The molecule has 0 amide bonds. The highest BCUT2D eigenvalue weighted by Crippen LogP contribution is 2.01. The van der Waals surface area contributed by atoms with E-state index in [9.17, 15) is 0 Å². The number of unbranched alkanes of at least 4 members (excludes halogenated alkanes) is 1. The van der Waals surface area contributed by atoms with Crippen molar-refractivity contribution in [3.8, 4) is 0 Å². The number of benzene rings is 1. The summed E-state index contributed by atoms with van der Waals surface area (Å²) < 4.78 is 10.5. The Morgan fingerprint density at radius 2 is 1.76 bits per heavy atom. The van der Waals surface area contributed by atoms with Crippen molar-refractivity contribution in [2.24, 2.45) is 0 Å². The molecular weight excluding hydrogens is 216 g/mol. The minimum Gasteiger partial charge on any atom is -0.501 e. The van der Waals surface area contributed by atoms with Gasteiger partial charge in [-0.25, -0.2) is 0 Å².